The third kappa shape index (κ3) is 2.99. The summed E-state index contributed by atoms with van der Waals surface area (Å²) in [7, 11) is 1.46. The Kier molecular flexibility index (Phi) is 3.65. The Bertz CT molecular complexity index is 675. The van der Waals surface area contributed by atoms with Gasteiger partial charge in [0.1, 0.15) is 10.8 Å². The van der Waals surface area contributed by atoms with Gasteiger partial charge in [-0.2, -0.15) is 0 Å². The van der Waals surface area contributed by atoms with Crippen molar-refractivity contribution < 1.29 is 8.78 Å². The van der Waals surface area contributed by atoms with Crippen molar-refractivity contribution >= 4 is 23.4 Å². The first-order valence-corrected chi connectivity index (χ1v) is 5.89. The Hall–Kier alpha value is -2.16. The molecule has 4 N–H and O–H groups in total. The average Bonchev–Trinajstić information content (AvgIpc) is 2.31. The molecule has 0 unspecified atom stereocenters. The van der Waals surface area contributed by atoms with E-state index in [1.165, 1.54) is 7.05 Å². The van der Waals surface area contributed by atoms with Gasteiger partial charge in [-0.3, -0.25) is 4.79 Å². The number of rotatable bonds is 3. The van der Waals surface area contributed by atoms with E-state index in [4.69, 9.17) is 5.73 Å². The summed E-state index contributed by atoms with van der Waals surface area (Å²) in [5.41, 5.74) is 4.93. The molecule has 6 nitrogen and oxygen atoms in total. The number of pyridine rings is 1. The van der Waals surface area contributed by atoms with Crippen LogP contribution in [0.25, 0.3) is 0 Å². The van der Waals surface area contributed by atoms with Crippen molar-refractivity contribution in [2.75, 3.05) is 18.1 Å². The molecule has 2 rings (SSSR count). The smallest absolute Gasteiger partial charge is 0.253 e. The molecule has 0 saturated heterocycles. The molecule has 2 heterocycles. The lowest BCUT2D eigenvalue weighted by molar-refractivity contribution is 0.551. The Morgan fingerprint density at radius 2 is 2.05 bits per heavy atom. The van der Waals surface area contributed by atoms with Crippen molar-refractivity contribution in [3.05, 3.63) is 34.1 Å². The van der Waals surface area contributed by atoms with Gasteiger partial charge in [0.15, 0.2) is 22.6 Å². The summed E-state index contributed by atoms with van der Waals surface area (Å²) in [5.74, 6) is -1.76. The van der Waals surface area contributed by atoms with Crippen LogP contribution in [0.4, 0.5) is 20.4 Å². The van der Waals surface area contributed by atoms with E-state index in [-0.39, 0.29) is 21.8 Å². The van der Waals surface area contributed by atoms with Gasteiger partial charge in [-0.05, 0) is 11.8 Å². The van der Waals surface area contributed by atoms with Gasteiger partial charge in [0.25, 0.3) is 5.56 Å². The molecule has 100 valence electrons. The van der Waals surface area contributed by atoms with Crippen LogP contribution in [0.1, 0.15) is 0 Å². The number of hydrogen-bond acceptors (Lipinski definition) is 6. The van der Waals surface area contributed by atoms with Crippen LogP contribution in [0.15, 0.2) is 27.1 Å². The molecular weight excluding hydrogens is 276 g/mol. The van der Waals surface area contributed by atoms with Crippen LogP contribution >= 0.6 is 11.8 Å². The van der Waals surface area contributed by atoms with Crippen LogP contribution in [0, 0.1) is 11.6 Å². The standard InChI is InChI=1S/C10H9F2N5OS/c1-14-8-4(11)2-5(12)9(17-8)19-10-15-6(13)3-7(18)16-10/h2-3H,1H3,(H,14,17)(H3,13,15,16,18). The number of anilines is 2. The number of aromatic amines is 1. The van der Waals surface area contributed by atoms with Gasteiger partial charge in [0.2, 0.25) is 0 Å². The average molecular weight is 285 g/mol. The summed E-state index contributed by atoms with van der Waals surface area (Å²) in [6, 6.07) is 1.79. The van der Waals surface area contributed by atoms with Crippen LogP contribution in [0.2, 0.25) is 0 Å². The number of nitrogens with zero attached hydrogens (tertiary/aromatic N) is 2. The molecule has 0 aliphatic heterocycles. The first-order chi connectivity index (χ1) is 8.99. The minimum Gasteiger partial charge on any atom is -0.383 e. The zero-order valence-electron chi connectivity index (χ0n) is 9.70. The number of aromatic nitrogens is 3. The fraction of sp³-hybridized carbons (Fsp3) is 0.100. The van der Waals surface area contributed by atoms with Crippen molar-refractivity contribution in [2.45, 2.75) is 10.2 Å². The lowest BCUT2D eigenvalue weighted by Gasteiger charge is -2.06. The summed E-state index contributed by atoms with van der Waals surface area (Å²) in [6.07, 6.45) is 0. The maximum Gasteiger partial charge on any atom is 0.253 e. The largest absolute Gasteiger partial charge is 0.383 e. The molecule has 0 aliphatic rings. The molecule has 19 heavy (non-hydrogen) atoms. The normalized spacial score (nSPS) is 10.5. The predicted octanol–water partition coefficient (Wildman–Crippen LogP) is 1.22. The van der Waals surface area contributed by atoms with Crippen LogP contribution in [0.3, 0.4) is 0 Å². The highest BCUT2D eigenvalue weighted by atomic mass is 32.2. The Morgan fingerprint density at radius 1 is 1.32 bits per heavy atom. The second-order valence-electron chi connectivity index (χ2n) is 3.43. The minimum atomic E-state index is -0.855. The Balaban J connectivity index is 2.40. The van der Waals surface area contributed by atoms with Gasteiger partial charge in [-0.1, -0.05) is 0 Å². The van der Waals surface area contributed by atoms with E-state index in [2.05, 4.69) is 20.3 Å². The lowest BCUT2D eigenvalue weighted by Crippen LogP contribution is -2.09. The van der Waals surface area contributed by atoms with Crippen molar-refractivity contribution in [1.29, 1.82) is 0 Å². The SMILES string of the molecule is CNc1nc(Sc2nc(N)cc(=O)[nH]2)c(F)cc1F. The predicted molar refractivity (Wildman–Crippen MR) is 67.1 cm³/mol. The number of hydrogen-bond donors (Lipinski definition) is 3. The van der Waals surface area contributed by atoms with E-state index in [1.54, 1.807) is 0 Å². The molecule has 2 aromatic heterocycles. The quantitative estimate of drug-likeness (QED) is 0.734. The van der Waals surface area contributed by atoms with E-state index < -0.39 is 17.2 Å². The van der Waals surface area contributed by atoms with Gasteiger partial charge in [-0.25, -0.2) is 18.7 Å². The fourth-order valence-corrected chi connectivity index (χ4v) is 2.07. The van der Waals surface area contributed by atoms with Crippen molar-refractivity contribution in [3.63, 3.8) is 0 Å². The molecule has 0 aromatic carbocycles. The number of nitrogens with one attached hydrogen (secondary N) is 2. The van der Waals surface area contributed by atoms with Gasteiger partial charge < -0.3 is 16.0 Å². The van der Waals surface area contributed by atoms with Crippen LogP contribution in [0.5, 0.6) is 0 Å². The summed E-state index contributed by atoms with van der Waals surface area (Å²) >= 11 is 0.741. The van der Waals surface area contributed by atoms with Crippen LogP contribution in [-0.4, -0.2) is 22.0 Å². The number of H-pyrrole nitrogens is 1. The monoisotopic (exact) mass is 285 g/mol. The molecule has 0 fully saturated rings. The fourth-order valence-electron chi connectivity index (χ4n) is 1.29. The Morgan fingerprint density at radius 3 is 2.68 bits per heavy atom. The van der Waals surface area contributed by atoms with Crippen molar-refractivity contribution in [2.24, 2.45) is 0 Å². The maximum atomic E-state index is 13.6. The summed E-state index contributed by atoms with van der Waals surface area (Å²) in [4.78, 5) is 21.1. The van der Waals surface area contributed by atoms with Gasteiger partial charge >= 0.3 is 0 Å². The molecule has 0 amide bonds. The summed E-state index contributed by atoms with van der Waals surface area (Å²) in [5, 5.41) is 2.44. The summed E-state index contributed by atoms with van der Waals surface area (Å²) in [6.45, 7) is 0. The van der Waals surface area contributed by atoms with Crippen molar-refractivity contribution in [1.82, 2.24) is 15.0 Å². The van der Waals surface area contributed by atoms with E-state index >= 15 is 0 Å². The van der Waals surface area contributed by atoms with Gasteiger partial charge in [-0.15, -0.1) is 0 Å². The highest BCUT2D eigenvalue weighted by Gasteiger charge is 2.13. The van der Waals surface area contributed by atoms with E-state index in [1.807, 2.05) is 0 Å². The third-order valence-corrected chi connectivity index (χ3v) is 2.93. The topological polar surface area (TPSA) is 96.7 Å². The van der Waals surface area contributed by atoms with Crippen LogP contribution in [-0.2, 0) is 0 Å². The zero-order valence-corrected chi connectivity index (χ0v) is 10.5. The zero-order chi connectivity index (χ0) is 14.0. The number of nitrogen functional groups attached to an aromatic ring is 1. The molecule has 0 bridgehead atoms. The first-order valence-electron chi connectivity index (χ1n) is 5.08. The molecule has 0 saturated carbocycles. The molecule has 0 atom stereocenters. The van der Waals surface area contributed by atoms with Crippen molar-refractivity contribution in [3.8, 4) is 0 Å². The van der Waals surface area contributed by atoms with Gasteiger partial charge in [0.05, 0.1) is 0 Å². The highest BCUT2D eigenvalue weighted by molar-refractivity contribution is 7.99. The molecule has 9 heteroatoms. The molecule has 0 spiro atoms. The molecule has 0 radical (unpaired) electrons. The van der Waals surface area contributed by atoms with Crippen LogP contribution < -0.4 is 16.6 Å². The highest BCUT2D eigenvalue weighted by Crippen LogP contribution is 2.27. The minimum absolute atomic E-state index is 0.00242. The second kappa shape index (κ2) is 5.22. The van der Waals surface area contributed by atoms with E-state index in [0.717, 1.165) is 17.8 Å². The summed E-state index contributed by atoms with van der Waals surface area (Å²) < 4.78 is 26.8. The molecular formula is C10H9F2N5OS. The van der Waals surface area contributed by atoms with E-state index in [0.29, 0.717) is 6.07 Å². The number of nitrogens with two attached hydrogens (primary N) is 1. The lowest BCUT2D eigenvalue weighted by atomic mass is 10.4. The maximum absolute atomic E-state index is 13.6. The molecule has 2 aromatic rings. The number of halogens is 2. The first kappa shape index (κ1) is 13.3. The van der Waals surface area contributed by atoms with Gasteiger partial charge in [0, 0.05) is 19.2 Å². The second-order valence-corrected chi connectivity index (χ2v) is 4.41. The Labute approximate surface area is 110 Å². The third-order valence-electron chi connectivity index (χ3n) is 2.07. The van der Waals surface area contributed by atoms with E-state index in [9.17, 15) is 13.6 Å². The molecule has 0 aliphatic carbocycles.